The minimum absolute atomic E-state index is 0.218. The van der Waals surface area contributed by atoms with Gasteiger partial charge in [0.15, 0.2) is 0 Å². The molecule has 1 saturated carbocycles. The molecule has 4 nitrogen and oxygen atoms in total. The fraction of sp³-hybridized carbons (Fsp3) is 0.545. The highest BCUT2D eigenvalue weighted by Crippen LogP contribution is 2.39. The summed E-state index contributed by atoms with van der Waals surface area (Å²) in [6.45, 7) is 0. The average molecular weight is 210 g/mol. The van der Waals surface area contributed by atoms with Crippen LogP contribution in [0.25, 0.3) is 0 Å². The number of carbonyl (C=O) groups is 1. The molecule has 1 heterocycles. The third-order valence-corrected chi connectivity index (χ3v) is 2.71. The molecule has 1 aliphatic rings. The van der Waals surface area contributed by atoms with Crippen LogP contribution in [0.3, 0.4) is 0 Å². The molecule has 0 spiro atoms. The highest BCUT2D eigenvalue weighted by atomic mass is 16.5. The Labute approximate surface area is 87.8 Å². The molecule has 1 aliphatic carbocycles. The molecule has 1 fully saturated rings. The summed E-state index contributed by atoms with van der Waals surface area (Å²) in [5.41, 5.74) is -0.474. The number of furan rings is 1. The van der Waals surface area contributed by atoms with Gasteiger partial charge in [-0.2, -0.15) is 0 Å². The second-order valence-corrected chi connectivity index (χ2v) is 3.98. The van der Waals surface area contributed by atoms with Gasteiger partial charge in [-0.05, 0) is 31.4 Å². The molecule has 15 heavy (non-hydrogen) atoms. The maximum absolute atomic E-state index is 11.1. The molecule has 2 rings (SSSR count). The van der Waals surface area contributed by atoms with Gasteiger partial charge in [-0.25, -0.2) is 4.79 Å². The first-order valence-electron chi connectivity index (χ1n) is 5.02. The monoisotopic (exact) mass is 210 g/mol. The number of esters is 1. The van der Waals surface area contributed by atoms with Crippen LogP contribution >= 0.6 is 0 Å². The molecule has 1 aromatic rings. The Bertz CT molecular complexity index is 362. The predicted octanol–water partition coefficient (Wildman–Crippen LogP) is 1.52. The Kier molecular flexibility index (Phi) is 2.52. The Balaban J connectivity index is 1.92. The quantitative estimate of drug-likeness (QED) is 0.765. The van der Waals surface area contributed by atoms with Crippen LogP contribution in [0, 0.1) is 0 Å². The van der Waals surface area contributed by atoms with E-state index in [1.165, 1.54) is 7.11 Å². The van der Waals surface area contributed by atoms with E-state index in [2.05, 4.69) is 4.74 Å². The summed E-state index contributed by atoms with van der Waals surface area (Å²) in [5, 5.41) is 9.62. The van der Waals surface area contributed by atoms with Crippen LogP contribution in [0.1, 0.15) is 35.6 Å². The van der Waals surface area contributed by atoms with E-state index in [4.69, 9.17) is 4.42 Å². The van der Waals surface area contributed by atoms with Gasteiger partial charge in [-0.15, -0.1) is 0 Å². The lowest BCUT2D eigenvalue weighted by Gasteiger charge is -2.04. The van der Waals surface area contributed by atoms with Crippen molar-refractivity contribution < 1.29 is 19.1 Å². The van der Waals surface area contributed by atoms with Crippen molar-refractivity contribution in [3.63, 3.8) is 0 Å². The van der Waals surface area contributed by atoms with Crippen LogP contribution in [0.2, 0.25) is 0 Å². The number of aryl methyl sites for hydroxylation is 1. The molecule has 4 heteroatoms. The van der Waals surface area contributed by atoms with E-state index < -0.39 is 11.6 Å². The lowest BCUT2D eigenvalue weighted by molar-refractivity contribution is 0.0562. The number of carbonyl (C=O) groups excluding carboxylic acids is 1. The molecule has 1 N–H and O–H groups in total. The van der Waals surface area contributed by atoms with Crippen LogP contribution in [-0.4, -0.2) is 23.8 Å². The van der Waals surface area contributed by atoms with Gasteiger partial charge in [0.2, 0.25) is 5.76 Å². The Morgan fingerprint density at radius 1 is 1.60 bits per heavy atom. The number of hydrogen-bond acceptors (Lipinski definition) is 4. The topological polar surface area (TPSA) is 59.7 Å². The van der Waals surface area contributed by atoms with Crippen LogP contribution in [0.4, 0.5) is 0 Å². The first-order chi connectivity index (χ1) is 7.13. The molecule has 0 atom stereocenters. The highest BCUT2D eigenvalue weighted by molar-refractivity contribution is 5.86. The summed E-state index contributed by atoms with van der Waals surface area (Å²) in [4.78, 5) is 11.1. The first-order valence-corrected chi connectivity index (χ1v) is 5.02. The number of ether oxygens (including phenoxy) is 1. The molecule has 0 radical (unpaired) electrons. The molecule has 0 saturated heterocycles. The highest BCUT2D eigenvalue weighted by Gasteiger charge is 2.39. The predicted molar refractivity (Wildman–Crippen MR) is 52.6 cm³/mol. The summed E-state index contributed by atoms with van der Waals surface area (Å²) in [6, 6.07) is 3.34. The van der Waals surface area contributed by atoms with Gasteiger partial charge in [0, 0.05) is 6.42 Å². The van der Waals surface area contributed by atoms with E-state index in [-0.39, 0.29) is 5.76 Å². The van der Waals surface area contributed by atoms with Gasteiger partial charge in [-0.1, -0.05) is 0 Å². The minimum Gasteiger partial charge on any atom is -0.463 e. The Morgan fingerprint density at radius 3 is 2.93 bits per heavy atom. The van der Waals surface area contributed by atoms with Crippen molar-refractivity contribution >= 4 is 5.97 Å². The van der Waals surface area contributed by atoms with Crippen LogP contribution in [0.15, 0.2) is 16.5 Å². The fourth-order valence-corrected chi connectivity index (χ4v) is 1.47. The van der Waals surface area contributed by atoms with Gasteiger partial charge in [0.25, 0.3) is 0 Å². The zero-order valence-electron chi connectivity index (χ0n) is 8.66. The van der Waals surface area contributed by atoms with Crippen molar-refractivity contribution in [1.29, 1.82) is 0 Å². The van der Waals surface area contributed by atoms with Crippen LogP contribution < -0.4 is 0 Å². The summed E-state index contributed by atoms with van der Waals surface area (Å²) in [5.74, 6) is 0.470. The van der Waals surface area contributed by atoms with Gasteiger partial charge >= 0.3 is 5.97 Å². The molecule has 0 bridgehead atoms. The Morgan fingerprint density at radius 2 is 2.33 bits per heavy atom. The molecule has 82 valence electrons. The molecule has 0 unspecified atom stereocenters. The largest absolute Gasteiger partial charge is 0.463 e. The zero-order chi connectivity index (χ0) is 10.9. The average Bonchev–Trinajstić information content (AvgIpc) is 2.81. The summed E-state index contributed by atoms with van der Waals surface area (Å²) in [6.07, 6.45) is 3.10. The Hall–Kier alpha value is -1.29. The van der Waals surface area contributed by atoms with E-state index in [1.807, 2.05) is 0 Å². The fourth-order valence-electron chi connectivity index (χ4n) is 1.47. The molecule has 0 aromatic carbocycles. The number of aliphatic hydroxyl groups is 1. The van der Waals surface area contributed by atoms with Crippen molar-refractivity contribution in [2.45, 2.75) is 31.3 Å². The normalized spacial score (nSPS) is 17.5. The lowest BCUT2D eigenvalue weighted by Crippen LogP contribution is -2.07. The van der Waals surface area contributed by atoms with Crippen molar-refractivity contribution in [1.82, 2.24) is 0 Å². The summed E-state index contributed by atoms with van der Waals surface area (Å²) < 4.78 is 9.80. The second kappa shape index (κ2) is 3.70. The third kappa shape index (κ3) is 2.39. The maximum atomic E-state index is 11.1. The molecule has 0 amide bonds. The summed E-state index contributed by atoms with van der Waals surface area (Å²) >= 11 is 0. The van der Waals surface area contributed by atoms with Crippen molar-refractivity contribution in [3.8, 4) is 0 Å². The van der Waals surface area contributed by atoms with Crippen molar-refractivity contribution in [2.24, 2.45) is 0 Å². The number of hydrogen-bond donors (Lipinski definition) is 1. The van der Waals surface area contributed by atoms with E-state index >= 15 is 0 Å². The molecular formula is C11H14O4. The SMILES string of the molecule is COC(=O)c1ccc(CCC2(O)CC2)o1. The van der Waals surface area contributed by atoms with Crippen LogP contribution in [-0.2, 0) is 11.2 Å². The number of methoxy groups -OCH3 is 1. The smallest absolute Gasteiger partial charge is 0.373 e. The molecule has 1 aromatic heterocycles. The lowest BCUT2D eigenvalue weighted by atomic mass is 10.1. The van der Waals surface area contributed by atoms with E-state index in [0.29, 0.717) is 12.8 Å². The summed E-state index contributed by atoms with van der Waals surface area (Å²) in [7, 11) is 1.32. The van der Waals surface area contributed by atoms with E-state index in [9.17, 15) is 9.90 Å². The number of rotatable bonds is 4. The standard InChI is InChI=1S/C11H14O4/c1-14-10(12)9-3-2-8(15-9)4-5-11(13)6-7-11/h2-3,13H,4-7H2,1H3. The van der Waals surface area contributed by atoms with Gasteiger partial charge in [0.1, 0.15) is 5.76 Å². The maximum Gasteiger partial charge on any atom is 0.373 e. The second-order valence-electron chi connectivity index (χ2n) is 3.98. The van der Waals surface area contributed by atoms with E-state index in [0.717, 1.165) is 18.6 Å². The van der Waals surface area contributed by atoms with Crippen molar-refractivity contribution in [2.75, 3.05) is 7.11 Å². The van der Waals surface area contributed by atoms with Gasteiger partial charge in [-0.3, -0.25) is 0 Å². The first kappa shape index (κ1) is 10.2. The van der Waals surface area contributed by atoms with Gasteiger partial charge in [0.05, 0.1) is 12.7 Å². The van der Waals surface area contributed by atoms with Gasteiger partial charge < -0.3 is 14.3 Å². The minimum atomic E-state index is -0.474. The van der Waals surface area contributed by atoms with E-state index in [1.54, 1.807) is 12.1 Å². The molecule has 0 aliphatic heterocycles. The zero-order valence-corrected chi connectivity index (χ0v) is 8.66. The van der Waals surface area contributed by atoms with Crippen LogP contribution in [0.5, 0.6) is 0 Å². The molecular weight excluding hydrogens is 196 g/mol. The third-order valence-electron chi connectivity index (χ3n) is 2.71. The van der Waals surface area contributed by atoms with Crippen molar-refractivity contribution in [3.05, 3.63) is 23.7 Å².